The minimum atomic E-state index is -0.102. The van der Waals surface area contributed by atoms with Gasteiger partial charge >= 0.3 is 6.03 Å². The Balaban J connectivity index is 1.47. The van der Waals surface area contributed by atoms with Crippen molar-refractivity contribution >= 4 is 16.8 Å². The molecule has 2 aromatic rings. The van der Waals surface area contributed by atoms with Crippen LogP contribution in [0.5, 0.6) is 0 Å². The number of piperazine rings is 1. The molecule has 1 saturated heterocycles. The SMILES string of the molecule is C[C@H](CN1CCN(C)CC1)NC(=O)NCc1cccc2ccccc12. The largest absolute Gasteiger partial charge is 0.334 e. The average Bonchev–Trinajstić information content (AvgIpc) is 2.62. The first-order chi connectivity index (χ1) is 12.1. The van der Waals surface area contributed by atoms with Crippen molar-refractivity contribution in [3.05, 3.63) is 48.0 Å². The maximum Gasteiger partial charge on any atom is 0.315 e. The predicted octanol–water partition coefficient (Wildman–Crippen LogP) is 2.27. The third kappa shape index (κ3) is 4.94. The van der Waals surface area contributed by atoms with E-state index >= 15 is 0 Å². The van der Waals surface area contributed by atoms with Crippen LogP contribution in [0.3, 0.4) is 0 Å². The molecule has 3 rings (SSSR count). The molecular weight excluding hydrogens is 312 g/mol. The van der Waals surface area contributed by atoms with Gasteiger partial charge in [-0.05, 0) is 30.3 Å². The van der Waals surface area contributed by atoms with Gasteiger partial charge in [0.25, 0.3) is 0 Å². The molecule has 25 heavy (non-hydrogen) atoms. The number of benzene rings is 2. The van der Waals surface area contributed by atoms with Gasteiger partial charge in [0.15, 0.2) is 0 Å². The molecule has 0 spiro atoms. The molecule has 0 aromatic heterocycles. The molecule has 2 amide bonds. The Morgan fingerprint density at radius 2 is 1.80 bits per heavy atom. The molecule has 1 fully saturated rings. The minimum absolute atomic E-state index is 0.102. The molecule has 5 nitrogen and oxygen atoms in total. The Bertz CT molecular complexity index is 704. The summed E-state index contributed by atoms with van der Waals surface area (Å²) in [5.41, 5.74) is 1.14. The van der Waals surface area contributed by atoms with Crippen molar-refractivity contribution in [3.8, 4) is 0 Å². The van der Waals surface area contributed by atoms with Gasteiger partial charge in [0, 0.05) is 45.3 Å². The predicted molar refractivity (Wildman–Crippen MR) is 103 cm³/mol. The van der Waals surface area contributed by atoms with Gasteiger partial charge in [0.1, 0.15) is 0 Å². The fourth-order valence-corrected chi connectivity index (χ4v) is 3.36. The van der Waals surface area contributed by atoms with Crippen LogP contribution in [0.25, 0.3) is 10.8 Å². The zero-order valence-electron chi connectivity index (χ0n) is 15.2. The maximum absolute atomic E-state index is 12.2. The topological polar surface area (TPSA) is 47.6 Å². The second-order valence-corrected chi connectivity index (χ2v) is 6.97. The lowest BCUT2D eigenvalue weighted by Crippen LogP contribution is -2.51. The summed E-state index contributed by atoms with van der Waals surface area (Å²) in [7, 11) is 2.15. The molecule has 2 N–H and O–H groups in total. The molecule has 1 aliphatic rings. The lowest BCUT2D eigenvalue weighted by atomic mass is 10.0. The summed E-state index contributed by atoms with van der Waals surface area (Å²) in [5.74, 6) is 0. The number of likely N-dealkylation sites (N-methyl/N-ethyl adjacent to an activating group) is 1. The molecule has 1 aliphatic heterocycles. The van der Waals surface area contributed by atoms with Crippen molar-refractivity contribution in [1.29, 1.82) is 0 Å². The Hall–Kier alpha value is -2.11. The van der Waals surface area contributed by atoms with Gasteiger partial charge in [-0.3, -0.25) is 4.90 Å². The molecule has 0 unspecified atom stereocenters. The van der Waals surface area contributed by atoms with E-state index < -0.39 is 0 Å². The number of carbonyl (C=O) groups excluding carboxylic acids is 1. The van der Waals surface area contributed by atoms with E-state index in [1.807, 2.05) is 18.2 Å². The smallest absolute Gasteiger partial charge is 0.315 e. The summed E-state index contributed by atoms with van der Waals surface area (Å²) < 4.78 is 0. The quantitative estimate of drug-likeness (QED) is 0.878. The van der Waals surface area contributed by atoms with Crippen LogP contribution in [0.1, 0.15) is 12.5 Å². The van der Waals surface area contributed by atoms with E-state index in [0.29, 0.717) is 6.54 Å². The molecule has 1 atom stereocenters. The third-order valence-corrected chi connectivity index (χ3v) is 4.82. The summed E-state index contributed by atoms with van der Waals surface area (Å²) in [6.07, 6.45) is 0. The highest BCUT2D eigenvalue weighted by molar-refractivity contribution is 5.86. The van der Waals surface area contributed by atoms with E-state index in [4.69, 9.17) is 0 Å². The van der Waals surface area contributed by atoms with Gasteiger partial charge in [0.2, 0.25) is 0 Å². The lowest BCUT2D eigenvalue weighted by Gasteiger charge is -2.34. The summed E-state index contributed by atoms with van der Waals surface area (Å²) in [4.78, 5) is 17.0. The van der Waals surface area contributed by atoms with Crippen LogP contribution >= 0.6 is 0 Å². The second kappa shape index (κ2) is 8.32. The molecular formula is C20H28N4O. The number of hydrogen-bond acceptors (Lipinski definition) is 3. The van der Waals surface area contributed by atoms with Crippen molar-refractivity contribution in [2.75, 3.05) is 39.8 Å². The third-order valence-electron chi connectivity index (χ3n) is 4.82. The summed E-state index contributed by atoms with van der Waals surface area (Å²) in [6.45, 7) is 7.83. The van der Waals surface area contributed by atoms with Crippen LogP contribution in [0.15, 0.2) is 42.5 Å². The Labute approximate surface area is 150 Å². The average molecular weight is 340 g/mol. The first kappa shape index (κ1) is 17.7. The zero-order chi connectivity index (χ0) is 17.6. The van der Waals surface area contributed by atoms with Crippen LogP contribution < -0.4 is 10.6 Å². The number of nitrogens with zero attached hydrogens (tertiary/aromatic N) is 2. The van der Waals surface area contributed by atoms with E-state index in [0.717, 1.165) is 38.3 Å². The number of amides is 2. The normalized spacial score (nSPS) is 17.4. The van der Waals surface area contributed by atoms with Crippen LogP contribution in [-0.4, -0.2) is 61.6 Å². The molecule has 0 bridgehead atoms. The van der Waals surface area contributed by atoms with Crippen molar-refractivity contribution in [2.45, 2.75) is 19.5 Å². The Morgan fingerprint density at radius 1 is 1.08 bits per heavy atom. The van der Waals surface area contributed by atoms with Crippen LogP contribution in [0.4, 0.5) is 4.79 Å². The molecule has 2 aromatic carbocycles. The number of fused-ring (bicyclic) bond motifs is 1. The number of hydrogen-bond donors (Lipinski definition) is 2. The van der Waals surface area contributed by atoms with E-state index in [1.54, 1.807) is 0 Å². The molecule has 0 aliphatic carbocycles. The van der Waals surface area contributed by atoms with Crippen molar-refractivity contribution in [2.24, 2.45) is 0 Å². The van der Waals surface area contributed by atoms with Gasteiger partial charge in [-0.1, -0.05) is 42.5 Å². The Kier molecular flexibility index (Phi) is 5.89. The number of urea groups is 1. The van der Waals surface area contributed by atoms with E-state index in [2.05, 4.69) is 58.7 Å². The maximum atomic E-state index is 12.2. The fourth-order valence-electron chi connectivity index (χ4n) is 3.36. The zero-order valence-corrected chi connectivity index (χ0v) is 15.2. The molecule has 0 saturated carbocycles. The molecule has 5 heteroatoms. The second-order valence-electron chi connectivity index (χ2n) is 6.97. The summed E-state index contributed by atoms with van der Waals surface area (Å²) in [6, 6.07) is 14.5. The van der Waals surface area contributed by atoms with Gasteiger partial charge in [0.05, 0.1) is 0 Å². The lowest BCUT2D eigenvalue weighted by molar-refractivity contribution is 0.144. The highest BCUT2D eigenvalue weighted by atomic mass is 16.2. The van der Waals surface area contributed by atoms with Gasteiger partial charge in [-0.25, -0.2) is 4.79 Å². The van der Waals surface area contributed by atoms with E-state index in [1.165, 1.54) is 10.8 Å². The highest BCUT2D eigenvalue weighted by Crippen LogP contribution is 2.18. The standard InChI is InChI=1S/C20H28N4O/c1-16(15-24-12-10-23(2)11-13-24)22-20(25)21-14-18-8-5-7-17-6-3-4-9-19(17)18/h3-9,16H,10-15H2,1-2H3,(H2,21,22,25)/t16-/m1/s1. The van der Waals surface area contributed by atoms with Crippen LogP contribution in [-0.2, 0) is 6.54 Å². The van der Waals surface area contributed by atoms with Gasteiger partial charge in [-0.2, -0.15) is 0 Å². The van der Waals surface area contributed by atoms with Crippen LogP contribution in [0.2, 0.25) is 0 Å². The monoisotopic (exact) mass is 340 g/mol. The first-order valence-electron chi connectivity index (χ1n) is 9.04. The van der Waals surface area contributed by atoms with E-state index in [-0.39, 0.29) is 12.1 Å². The first-order valence-corrected chi connectivity index (χ1v) is 9.04. The Morgan fingerprint density at radius 3 is 2.60 bits per heavy atom. The van der Waals surface area contributed by atoms with E-state index in [9.17, 15) is 4.79 Å². The van der Waals surface area contributed by atoms with Crippen molar-refractivity contribution in [1.82, 2.24) is 20.4 Å². The molecule has 1 heterocycles. The molecule has 0 radical (unpaired) electrons. The van der Waals surface area contributed by atoms with Gasteiger partial charge in [-0.15, -0.1) is 0 Å². The van der Waals surface area contributed by atoms with Gasteiger partial charge < -0.3 is 15.5 Å². The summed E-state index contributed by atoms with van der Waals surface area (Å²) in [5, 5.41) is 8.43. The number of nitrogens with one attached hydrogen (secondary N) is 2. The highest BCUT2D eigenvalue weighted by Gasteiger charge is 2.17. The molecule has 134 valence electrons. The van der Waals surface area contributed by atoms with Crippen molar-refractivity contribution < 1.29 is 4.79 Å². The van der Waals surface area contributed by atoms with Crippen LogP contribution in [0, 0.1) is 0 Å². The minimum Gasteiger partial charge on any atom is -0.334 e. The number of carbonyl (C=O) groups is 1. The number of rotatable bonds is 5. The van der Waals surface area contributed by atoms with Crippen molar-refractivity contribution in [3.63, 3.8) is 0 Å². The summed E-state index contributed by atoms with van der Waals surface area (Å²) >= 11 is 0. The fraction of sp³-hybridized carbons (Fsp3) is 0.450.